The third kappa shape index (κ3) is 5.84. The maximum absolute atomic E-state index is 12.1. The van der Waals surface area contributed by atoms with Crippen molar-refractivity contribution in [1.82, 2.24) is 5.32 Å². The topological polar surface area (TPSA) is 54.3 Å². The number of carbonyl (C=O) groups excluding carboxylic acids is 1. The summed E-state index contributed by atoms with van der Waals surface area (Å²) in [5.41, 5.74) is 2.31. The van der Waals surface area contributed by atoms with Crippen LogP contribution in [-0.2, 0) is 4.79 Å². The second-order valence-corrected chi connectivity index (χ2v) is 7.74. The van der Waals surface area contributed by atoms with E-state index in [9.17, 15) is 4.79 Å². The van der Waals surface area contributed by atoms with Crippen molar-refractivity contribution >= 4 is 69.8 Å². The highest BCUT2D eigenvalue weighted by molar-refractivity contribution is 7.80. The number of anilines is 1. The molecule has 0 radical (unpaired) electrons. The maximum Gasteiger partial charge on any atom is 0.250 e. The molecule has 1 heterocycles. The number of rotatable bonds is 4. The zero-order chi connectivity index (χ0) is 21.0. The molecule has 4 nitrogen and oxygen atoms in total. The van der Waals surface area contributed by atoms with Crippen LogP contribution < -0.4 is 10.6 Å². The molecule has 3 aromatic rings. The molecule has 0 aliphatic carbocycles. The second kappa shape index (κ2) is 9.46. The number of thiocarbonyl (C=S) groups is 1. The predicted octanol–water partition coefficient (Wildman–Crippen LogP) is 6.74. The number of nitrogens with one attached hydrogen (secondary N) is 2. The number of hydrogen-bond acceptors (Lipinski definition) is 3. The largest absolute Gasteiger partial charge is 0.457 e. The molecule has 0 aliphatic heterocycles. The van der Waals surface area contributed by atoms with Gasteiger partial charge in [0.15, 0.2) is 5.11 Å². The zero-order valence-electron chi connectivity index (χ0n) is 15.1. The summed E-state index contributed by atoms with van der Waals surface area (Å²) in [5.74, 6) is 0.685. The van der Waals surface area contributed by atoms with Gasteiger partial charge in [-0.25, -0.2) is 0 Å². The third-order valence-corrected chi connectivity index (χ3v) is 4.98. The molecular formula is C21H15Cl3N2O2S. The number of carbonyl (C=O) groups is 1. The lowest BCUT2D eigenvalue weighted by atomic mass is 10.2. The van der Waals surface area contributed by atoms with Gasteiger partial charge in [-0.2, -0.15) is 0 Å². The Balaban J connectivity index is 1.61. The number of halogens is 3. The molecule has 0 fully saturated rings. The van der Waals surface area contributed by atoms with Crippen molar-refractivity contribution in [3.8, 4) is 11.3 Å². The average Bonchev–Trinajstić information content (AvgIpc) is 3.12. The van der Waals surface area contributed by atoms with E-state index in [0.29, 0.717) is 26.6 Å². The fourth-order valence-electron chi connectivity index (χ4n) is 2.50. The summed E-state index contributed by atoms with van der Waals surface area (Å²) in [6.07, 6.45) is 2.87. The summed E-state index contributed by atoms with van der Waals surface area (Å²) in [6.45, 7) is 1.86. The standard InChI is InChI=1S/C21H15Cl3N2O2S/c1-12-17(24)3-2-4-18(12)25-21(29)26-20(27)8-6-16-5-7-19(28-16)13-9-14(22)11-15(23)10-13/h2-11H,1H3,(H2,25,26,27,29)/b8-6+. The Morgan fingerprint density at radius 3 is 2.52 bits per heavy atom. The van der Waals surface area contributed by atoms with E-state index in [1.54, 1.807) is 42.5 Å². The number of amides is 1. The van der Waals surface area contributed by atoms with Crippen molar-refractivity contribution in [2.24, 2.45) is 0 Å². The first kappa shape index (κ1) is 21.4. The summed E-state index contributed by atoms with van der Waals surface area (Å²) >= 11 is 23.3. The molecule has 0 atom stereocenters. The molecule has 1 amide bonds. The normalized spacial score (nSPS) is 10.9. The van der Waals surface area contributed by atoms with Crippen LogP contribution in [0.25, 0.3) is 17.4 Å². The zero-order valence-corrected chi connectivity index (χ0v) is 18.2. The molecular weight excluding hydrogens is 451 g/mol. The van der Waals surface area contributed by atoms with Crippen LogP contribution in [0, 0.1) is 6.92 Å². The van der Waals surface area contributed by atoms with E-state index in [-0.39, 0.29) is 5.11 Å². The van der Waals surface area contributed by atoms with Crippen molar-refractivity contribution in [2.45, 2.75) is 6.92 Å². The molecule has 0 unspecified atom stereocenters. The smallest absolute Gasteiger partial charge is 0.250 e. The Morgan fingerprint density at radius 2 is 1.79 bits per heavy atom. The third-order valence-electron chi connectivity index (χ3n) is 3.93. The number of furan rings is 1. The van der Waals surface area contributed by atoms with Gasteiger partial charge in [0.2, 0.25) is 5.91 Å². The SMILES string of the molecule is Cc1c(Cl)cccc1NC(=S)NC(=O)/C=C/c1ccc(-c2cc(Cl)cc(Cl)c2)o1. The Morgan fingerprint density at radius 1 is 1.07 bits per heavy atom. The maximum atomic E-state index is 12.1. The monoisotopic (exact) mass is 464 g/mol. The molecule has 0 spiro atoms. The predicted molar refractivity (Wildman–Crippen MR) is 124 cm³/mol. The molecule has 0 saturated carbocycles. The first-order valence-electron chi connectivity index (χ1n) is 8.43. The van der Waals surface area contributed by atoms with E-state index in [1.165, 1.54) is 12.2 Å². The lowest BCUT2D eigenvalue weighted by molar-refractivity contribution is -0.115. The lowest BCUT2D eigenvalue weighted by Crippen LogP contribution is -2.33. The van der Waals surface area contributed by atoms with Gasteiger partial charge in [0.25, 0.3) is 0 Å². The van der Waals surface area contributed by atoms with E-state index in [1.807, 2.05) is 13.0 Å². The van der Waals surface area contributed by atoms with Gasteiger partial charge in [0.1, 0.15) is 11.5 Å². The van der Waals surface area contributed by atoms with Crippen molar-refractivity contribution in [3.05, 3.63) is 81.0 Å². The van der Waals surface area contributed by atoms with Crippen LogP contribution in [0.15, 0.2) is 59.0 Å². The van der Waals surface area contributed by atoms with E-state index in [2.05, 4.69) is 10.6 Å². The average molecular weight is 466 g/mol. The molecule has 3 rings (SSSR count). The van der Waals surface area contributed by atoms with E-state index in [4.69, 9.17) is 51.4 Å². The van der Waals surface area contributed by atoms with Gasteiger partial charge in [-0.05, 0) is 73.2 Å². The van der Waals surface area contributed by atoms with Gasteiger partial charge >= 0.3 is 0 Å². The van der Waals surface area contributed by atoms with Crippen LogP contribution in [0.3, 0.4) is 0 Å². The molecule has 148 valence electrons. The van der Waals surface area contributed by atoms with Crippen molar-refractivity contribution < 1.29 is 9.21 Å². The molecule has 2 aromatic carbocycles. The summed E-state index contributed by atoms with van der Waals surface area (Å²) in [4.78, 5) is 12.1. The van der Waals surface area contributed by atoms with E-state index >= 15 is 0 Å². The molecule has 29 heavy (non-hydrogen) atoms. The van der Waals surface area contributed by atoms with Gasteiger partial charge < -0.3 is 9.73 Å². The minimum Gasteiger partial charge on any atom is -0.457 e. The Hall–Kier alpha value is -2.31. The highest BCUT2D eigenvalue weighted by atomic mass is 35.5. The number of benzene rings is 2. The van der Waals surface area contributed by atoms with Crippen LogP contribution >= 0.6 is 47.0 Å². The van der Waals surface area contributed by atoms with Gasteiger partial charge in [0, 0.05) is 32.4 Å². The minimum absolute atomic E-state index is 0.165. The summed E-state index contributed by atoms with van der Waals surface area (Å²) in [6, 6.07) is 14.0. The highest BCUT2D eigenvalue weighted by Crippen LogP contribution is 2.29. The highest BCUT2D eigenvalue weighted by Gasteiger charge is 2.08. The Bertz CT molecular complexity index is 1090. The van der Waals surface area contributed by atoms with Crippen LogP contribution in [0.2, 0.25) is 15.1 Å². The summed E-state index contributed by atoms with van der Waals surface area (Å²) < 4.78 is 5.71. The second-order valence-electron chi connectivity index (χ2n) is 6.05. The van der Waals surface area contributed by atoms with Gasteiger partial charge in [-0.3, -0.25) is 10.1 Å². The van der Waals surface area contributed by atoms with Crippen LogP contribution in [0.4, 0.5) is 5.69 Å². The Labute approximate surface area is 188 Å². The molecule has 0 saturated heterocycles. The van der Waals surface area contributed by atoms with Crippen molar-refractivity contribution in [1.29, 1.82) is 0 Å². The molecule has 8 heteroatoms. The van der Waals surface area contributed by atoms with Crippen LogP contribution in [0.5, 0.6) is 0 Å². The summed E-state index contributed by atoms with van der Waals surface area (Å²) in [7, 11) is 0. The number of hydrogen-bond donors (Lipinski definition) is 2. The molecule has 2 N–H and O–H groups in total. The minimum atomic E-state index is -0.397. The fourth-order valence-corrected chi connectivity index (χ4v) is 3.41. The first-order valence-corrected chi connectivity index (χ1v) is 9.97. The quantitative estimate of drug-likeness (QED) is 0.331. The Kier molecular flexibility index (Phi) is 6.98. The van der Waals surface area contributed by atoms with Gasteiger partial charge in [-0.1, -0.05) is 40.9 Å². The first-order chi connectivity index (χ1) is 13.8. The molecule has 0 bridgehead atoms. The molecule has 1 aromatic heterocycles. The lowest BCUT2D eigenvalue weighted by Gasteiger charge is -2.11. The van der Waals surface area contributed by atoms with Gasteiger partial charge in [-0.15, -0.1) is 0 Å². The van der Waals surface area contributed by atoms with E-state index < -0.39 is 5.91 Å². The van der Waals surface area contributed by atoms with Crippen molar-refractivity contribution in [3.63, 3.8) is 0 Å². The van der Waals surface area contributed by atoms with Crippen LogP contribution in [-0.4, -0.2) is 11.0 Å². The van der Waals surface area contributed by atoms with Gasteiger partial charge in [0.05, 0.1) is 0 Å². The van der Waals surface area contributed by atoms with Crippen LogP contribution in [0.1, 0.15) is 11.3 Å². The fraction of sp³-hybridized carbons (Fsp3) is 0.0476. The molecule has 0 aliphatic rings. The summed E-state index contributed by atoms with van der Waals surface area (Å²) in [5, 5.41) is 7.32. The van der Waals surface area contributed by atoms with E-state index in [0.717, 1.165) is 16.8 Å². The van der Waals surface area contributed by atoms with Crippen molar-refractivity contribution in [2.75, 3.05) is 5.32 Å².